The molecule has 0 bridgehead atoms. The summed E-state index contributed by atoms with van der Waals surface area (Å²) in [5, 5.41) is 4.98. The Kier molecular flexibility index (Phi) is 6.18. The molecule has 6 heteroatoms. The number of thiophene rings is 1. The van der Waals surface area contributed by atoms with Gasteiger partial charge < -0.3 is 15.0 Å². The highest BCUT2D eigenvalue weighted by molar-refractivity contribution is 7.10. The first-order chi connectivity index (χ1) is 16.1. The van der Waals surface area contributed by atoms with Crippen LogP contribution in [0.5, 0.6) is 5.75 Å². The smallest absolute Gasteiger partial charge is 0.264 e. The summed E-state index contributed by atoms with van der Waals surface area (Å²) in [6, 6.07) is 18.1. The zero-order valence-electron chi connectivity index (χ0n) is 18.8. The Morgan fingerprint density at radius 2 is 2.03 bits per heavy atom. The SMILES string of the molecule is CC[C@@H]1Oc2ccc(NC(=O)Cc3cccs3)cc2CN([C@H]2CCCc3ccccc32)C1=O. The molecule has 170 valence electrons. The topological polar surface area (TPSA) is 58.6 Å². The maximum Gasteiger partial charge on any atom is 0.264 e. The third kappa shape index (κ3) is 4.53. The summed E-state index contributed by atoms with van der Waals surface area (Å²) >= 11 is 1.58. The fourth-order valence-corrected chi connectivity index (χ4v) is 5.60. The van der Waals surface area contributed by atoms with Crippen molar-refractivity contribution in [3.05, 3.63) is 81.5 Å². The van der Waals surface area contributed by atoms with Crippen molar-refractivity contribution >= 4 is 28.8 Å². The number of aryl methyl sites for hydroxylation is 1. The molecule has 3 aromatic rings. The van der Waals surface area contributed by atoms with E-state index in [1.165, 1.54) is 11.1 Å². The van der Waals surface area contributed by atoms with Crippen LogP contribution in [0.1, 0.15) is 53.8 Å². The Hall–Kier alpha value is -3.12. The molecule has 0 spiro atoms. The Bertz CT molecular complexity index is 1160. The van der Waals surface area contributed by atoms with Crippen LogP contribution in [0, 0.1) is 0 Å². The van der Waals surface area contributed by atoms with Crippen LogP contribution >= 0.6 is 11.3 Å². The zero-order valence-corrected chi connectivity index (χ0v) is 19.6. The summed E-state index contributed by atoms with van der Waals surface area (Å²) in [7, 11) is 0. The monoisotopic (exact) mass is 460 g/mol. The molecule has 2 heterocycles. The molecule has 33 heavy (non-hydrogen) atoms. The van der Waals surface area contributed by atoms with Gasteiger partial charge in [-0.05, 0) is 66.5 Å². The van der Waals surface area contributed by atoms with Crippen molar-refractivity contribution in [3.63, 3.8) is 0 Å². The van der Waals surface area contributed by atoms with Crippen LogP contribution in [0.25, 0.3) is 0 Å². The molecule has 0 fully saturated rings. The molecule has 1 aromatic heterocycles. The van der Waals surface area contributed by atoms with E-state index in [2.05, 4.69) is 29.6 Å². The van der Waals surface area contributed by atoms with Gasteiger partial charge in [0.2, 0.25) is 5.91 Å². The molecule has 0 saturated heterocycles. The largest absolute Gasteiger partial charge is 0.480 e. The van der Waals surface area contributed by atoms with Gasteiger partial charge in [0.25, 0.3) is 5.91 Å². The number of anilines is 1. The van der Waals surface area contributed by atoms with Crippen LogP contribution in [0.2, 0.25) is 0 Å². The number of carbonyl (C=O) groups excluding carboxylic acids is 2. The Morgan fingerprint density at radius 3 is 2.85 bits per heavy atom. The molecule has 1 aliphatic heterocycles. The molecular weight excluding hydrogens is 432 g/mol. The predicted molar refractivity (Wildman–Crippen MR) is 130 cm³/mol. The number of rotatable bonds is 5. The molecule has 2 atom stereocenters. The van der Waals surface area contributed by atoms with Crippen LogP contribution in [0.4, 0.5) is 5.69 Å². The summed E-state index contributed by atoms with van der Waals surface area (Å²) < 4.78 is 6.17. The van der Waals surface area contributed by atoms with Crippen LogP contribution in [-0.4, -0.2) is 22.8 Å². The highest BCUT2D eigenvalue weighted by Gasteiger charge is 2.36. The second-order valence-corrected chi connectivity index (χ2v) is 9.75. The molecule has 1 N–H and O–H groups in total. The molecule has 5 rings (SSSR count). The van der Waals surface area contributed by atoms with E-state index in [4.69, 9.17) is 4.74 Å². The number of nitrogens with one attached hydrogen (secondary N) is 1. The third-order valence-corrected chi connectivity index (χ3v) is 7.39. The fourth-order valence-electron chi connectivity index (χ4n) is 4.90. The standard InChI is InChI=1S/C27H28N2O3S/c1-2-24-27(31)29(23-11-5-8-18-7-3-4-10-22(18)23)17-19-15-20(12-13-25(19)32-24)28-26(30)16-21-9-6-14-33-21/h3-4,6-7,9-10,12-15,23-24H,2,5,8,11,16-17H2,1H3,(H,28,30)/t23-,24-/m0/s1. The van der Waals surface area contributed by atoms with E-state index in [0.29, 0.717) is 19.4 Å². The average molecular weight is 461 g/mol. The van der Waals surface area contributed by atoms with Crippen molar-refractivity contribution in [1.82, 2.24) is 4.90 Å². The maximum atomic E-state index is 13.5. The molecule has 0 saturated carbocycles. The number of fused-ring (bicyclic) bond motifs is 2. The lowest BCUT2D eigenvalue weighted by atomic mass is 9.86. The molecule has 5 nitrogen and oxygen atoms in total. The van der Waals surface area contributed by atoms with E-state index < -0.39 is 6.10 Å². The minimum atomic E-state index is -0.500. The summed E-state index contributed by atoms with van der Waals surface area (Å²) in [6.07, 6.45) is 3.54. The molecule has 0 radical (unpaired) electrons. The minimum Gasteiger partial charge on any atom is -0.480 e. The van der Waals surface area contributed by atoms with Gasteiger partial charge in [-0.25, -0.2) is 0 Å². The van der Waals surface area contributed by atoms with Crippen LogP contribution in [0.15, 0.2) is 60.0 Å². The Balaban J connectivity index is 1.43. The number of ether oxygens (including phenoxy) is 1. The molecule has 2 amide bonds. The first-order valence-corrected chi connectivity index (χ1v) is 12.5. The summed E-state index contributed by atoms with van der Waals surface area (Å²) in [5.74, 6) is 0.712. The van der Waals surface area contributed by atoms with Crippen molar-refractivity contribution in [2.24, 2.45) is 0 Å². The first-order valence-electron chi connectivity index (χ1n) is 11.6. The van der Waals surface area contributed by atoms with Gasteiger partial charge in [-0.2, -0.15) is 0 Å². The molecule has 2 aromatic carbocycles. The van der Waals surface area contributed by atoms with Crippen molar-refractivity contribution in [3.8, 4) is 5.75 Å². The molecule has 0 unspecified atom stereocenters. The van der Waals surface area contributed by atoms with Gasteiger partial charge in [0.15, 0.2) is 6.10 Å². The van der Waals surface area contributed by atoms with Crippen LogP contribution in [-0.2, 0) is 29.0 Å². The summed E-state index contributed by atoms with van der Waals surface area (Å²) in [4.78, 5) is 29.1. The molecule has 2 aliphatic rings. The predicted octanol–water partition coefficient (Wildman–Crippen LogP) is 5.51. The molecular formula is C27H28N2O3S. The van der Waals surface area contributed by atoms with Crippen molar-refractivity contribution in [2.75, 3.05) is 5.32 Å². The summed E-state index contributed by atoms with van der Waals surface area (Å²) in [5.41, 5.74) is 4.23. The van der Waals surface area contributed by atoms with Crippen molar-refractivity contribution in [1.29, 1.82) is 0 Å². The quantitative estimate of drug-likeness (QED) is 0.546. The van der Waals surface area contributed by atoms with Gasteiger partial charge >= 0.3 is 0 Å². The minimum absolute atomic E-state index is 0.0404. The second-order valence-electron chi connectivity index (χ2n) is 8.71. The first kappa shape index (κ1) is 21.7. The number of amides is 2. The number of hydrogen-bond donors (Lipinski definition) is 1. The van der Waals surface area contributed by atoms with Gasteiger partial charge in [-0.3, -0.25) is 9.59 Å². The third-order valence-electron chi connectivity index (χ3n) is 6.51. The fraction of sp³-hybridized carbons (Fsp3) is 0.333. The van der Waals surface area contributed by atoms with Crippen LogP contribution < -0.4 is 10.1 Å². The van der Waals surface area contributed by atoms with Gasteiger partial charge in [0, 0.05) is 16.1 Å². The lowest BCUT2D eigenvalue weighted by molar-refractivity contribution is -0.141. The van der Waals surface area contributed by atoms with Crippen LogP contribution in [0.3, 0.4) is 0 Å². The van der Waals surface area contributed by atoms with Gasteiger partial charge in [0.1, 0.15) is 5.75 Å². The van der Waals surface area contributed by atoms with E-state index in [0.717, 1.165) is 41.1 Å². The molecule has 1 aliphatic carbocycles. The van der Waals surface area contributed by atoms with Gasteiger partial charge in [-0.1, -0.05) is 37.3 Å². The van der Waals surface area contributed by atoms with E-state index in [-0.39, 0.29) is 17.9 Å². The van der Waals surface area contributed by atoms with E-state index >= 15 is 0 Å². The number of benzene rings is 2. The van der Waals surface area contributed by atoms with Crippen molar-refractivity contribution in [2.45, 2.75) is 57.7 Å². The highest BCUT2D eigenvalue weighted by Crippen LogP contribution is 2.39. The zero-order chi connectivity index (χ0) is 22.8. The lowest BCUT2D eigenvalue weighted by Crippen LogP contribution is -2.42. The lowest BCUT2D eigenvalue weighted by Gasteiger charge is -2.36. The summed E-state index contributed by atoms with van der Waals surface area (Å²) in [6.45, 7) is 2.46. The average Bonchev–Trinajstić information content (AvgIpc) is 3.29. The van der Waals surface area contributed by atoms with Crippen molar-refractivity contribution < 1.29 is 14.3 Å². The normalized spacial score (nSPS) is 19.8. The highest BCUT2D eigenvalue weighted by atomic mass is 32.1. The second kappa shape index (κ2) is 9.40. The Labute approximate surface area is 198 Å². The number of carbonyl (C=O) groups is 2. The van der Waals surface area contributed by atoms with E-state index in [1.54, 1.807) is 11.3 Å². The van der Waals surface area contributed by atoms with E-state index in [1.807, 2.05) is 47.5 Å². The number of nitrogens with zero attached hydrogens (tertiary/aromatic N) is 1. The van der Waals surface area contributed by atoms with Gasteiger partial charge in [0.05, 0.1) is 19.0 Å². The Morgan fingerprint density at radius 1 is 1.15 bits per heavy atom. The van der Waals surface area contributed by atoms with E-state index in [9.17, 15) is 9.59 Å². The van der Waals surface area contributed by atoms with Gasteiger partial charge in [-0.15, -0.1) is 11.3 Å². The number of hydrogen-bond acceptors (Lipinski definition) is 4. The maximum absolute atomic E-state index is 13.5.